The monoisotopic (exact) mass is 330 g/mol. The third-order valence-electron chi connectivity index (χ3n) is 4.24. The summed E-state index contributed by atoms with van der Waals surface area (Å²) in [6.45, 7) is 7.73. The van der Waals surface area contributed by atoms with Crippen molar-refractivity contribution in [3.63, 3.8) is 0 Å². The third-order valence-corrected chi connectivity index (χ3v) is 4.24. The van der Waals surface area contributed by atoms with E-state index < -0.39 is 12.7 Å². The van der Waals surface area contributed by atoms with Crippen molar-refractivity contribution >= 4 is 0 Å². The zero-order valence-corrected chi connectivity index (χ0v) is 14.0. The Morgan fingerprint density at radius 3 is 2.61 bits per heavy atom. The van der Waals surface area contributed by atoms with E-state index in [1.54, 1.807) is 0 Å². The van der Waals surface area contributed by atoms with Crippen LogP contribution in [0.3, 0.4) is 0 Å². The second-order valence-corrected chi connectivity index (χ2v) is 6.00. The summed E-state index contributed by atoms with van der Waals surface area (Å²) >= 11 is 0. The lowest BCUT2D eigenvalue weighted by Gasteiger charge is -2.34. The quantitative estimate of drug-likeness (QED) is 0.864. The molecule has 1 aliphatic rings. The Hall–Kier alpha value is -1.27. The van der Waals surface area contributed by atoms with Gasteiger partial charge in [-0.3, -0.25) is 4.90 Å². The molecular formula is C17H25F3N2O. The lowest BCUT2D eigenvalue weighted by molar-refractivity contribution is -0.125. The lowest BCUT2D eigenvalue weighted by Crippen LogP contribution is -2.38. The summed E-state index contributed by atoms with van der Waals surface area (Å²) in [5, 5.41) is 2.46. The highest BCUT2D eigenvalue weighted by atomic mass is 19.4. The second-order valence-electron chi connectivity index (χ2n) is 6.00. The van der Waals surface area contributed by atoms with Crippen LogP contribution in [0.1, 0.15) is 37.5 Å². The standard InChI is InChI=1S/C17H25F3N2O/c1-4-22-10-15-8-16(23-5-2)14(7-13(15)6-12(22)3)9-21-11-17(18,19)20/h7-8,12,21H,4-6,9-11H2,1-3H3. The largest absolute Gasteiger partial charge is 0.494 e. The van der Waals surface area contributed by atoms with Gasteiger partial charge in [-0.25, -0.2) is 0 Å². The van der Waals surface area contributed by atoms with Gasteiger partial charge in [0.25, 0.3) is 0 Å². The molecule has 0 amide bonds. The fourth-order valence-electron chi connectivity index (χ4n) is 3.07. The van der Waals surface area contributed by atoms with Gasteiger partial charge in [-0.1, -0.05) is 13.0 Å². The van der Waals surface area contributed by atoms with Crippen LogP contribution in [0.2, 0.25) is 0 Å². The predicted molar refractivity (Wildman–Crippen MR) is 84.6 cm³/mol. The molecule has 1 heterocycles. The Bertz CT molecular complexity index is 531. The maximum absolute atomic E-state index is 12.3. The van der Waals surface area contributed by atoms with Crippen molar-refractivity contribution < 1.29 is 17.9 Å². The summed E-state index contributed by atoms with van der Waals surface area (Å²) in [5.41, 5.74) is 3.23. The Morgan fingerprint density at radius 2 is 2.00 bits per heavy atom. The first-order valence-electron chi connectivity index (χ1n) is 8.13. The molecule has 0 saturated heterocycles. The summed E-state index contributed by atoms with van der Waals surface area (Å²) in [7, 11) is 0. The number of hydrogen-bond donors (Lipinski definition) is 1. The van der Waals surface area contributed by atoms with E-state index in [1.807, 2.05) is 19.1 Å². The fraction of sp³-hybridized carbons (Fsp3) is 0.647. The SMILES string of the molecule is CCOc1cc2c(cc1CNCC(F)(F)F)CC(C)N(CC)C2. The topological polar surface area (TPSA) is 24.5 Å². The van der Waals surface area contributed by atoms with Crippen LogP contribution in [0, 0.1) is 0 Å². The first-order valence-corrected chi connectivity index (χ1v) is 8.13. The fourth-order valence-corrected chi connectivity index (χ4v) is 3.07. The molecule has 23 heavy (non-hydrogen) atoms. The van der Waals surface area contributed by atoms with Crippen molar-refractivity contribution in [2.75, 3.05) is 19.7 Å². The van der Waals surface area contributed by atoms with Crippen molar-refractivity contribution in [1.82, 2.24) is 10.2 Å². The molecule has 0 aromatic heterocycles. The molecule has 0 radical (unpaired) electrons. The van der Waals surface area contributed by atoms with Gasteiger partial charge in [0, 0.05) is 24.7 Å². The van der Waals surface area contributed by atoms with Gasteiger partial charge in [-0.2, -0.15) is 13.2 Å². The van der Waals surface area contributed by atoms with E-state index in [1.165, 1.54) is 11.1 Å². The highest BCUT2D eigenvalue weighted by Crippen LogP contribution is 2.30. The van der Waals surface area contributed by atoms with Gasteiger partial charge in [-0.15, -0.1) is 0 Å². The molecule has 0 spiro atoms. The van der Waals surface area contributed by atoms with Crippen LogP contribution in [-0.4, -0.2) is 36.8 Å². The Kier molecular flexibility index (Phi) is 5.92. The smallest absolute Gasteiger partial charge is 0.401 e. The Labute approximate surface area is 135 Å². The number of likely N-dealkylation sites (N-methyl/N-ethyl adjacent to an activating group) is 1. The van der Waals surface area contributed by atoms with Crippen LogP contribution >= 0.6 is 0 Å². The van der Waals surface area contributed by atoms with E-state index >= 15 is 0 Å². The summed E-state index contributed by atoms with van der Waals surface area (Å²) in [4.78, 5) is 2.39. The first kappa shape index (κ1) is 18.1. The molecule has 0 aliphatic carbocycles. The molecule has 1 aliphatic heterocycles. The molecule has 1 unspecified atom stereocenters. The van der Waals surface area contributed by atoms with Gasteiger partial charge in [0.15, 0.2) is 0 Å². The number of alkyl halides is 3. The number of nitrogens with one attached hydrogen (secondary N) is 1. The van der Waals surface area contributed by atoms with E-state index in [0.717, 1.165) is 25.1 Å². The van der Waals surface area contributed by atoms with Gasteiger partial charge in [0.05, 0.1) is 13.2 Å². The number of halogens is 3. The molecule has 1 N–H and O–H groups in total. The minimum atomic E-state index is -4.20. The molecule has 0 saturated carbocycles. The highest BCUT2D eigenvalue weighted by molar-refractivity contribution is 5.44. The zero-order chi connectivity index (χ0) is 17.0. The number of rotatable bonds is 6. The molecule has 0 fully saturated rings. The molecular weight excluding hydrogens is 305 g/mol. The first-order chi connectivity index (χ1) is 10.8. The minimum absolute atomic E-state index is 0.161. The average molecular weight is 330 g/mol. The highest BCUT2D eigenvalue weighted by Gasteiger charge is 2.27. The molecule has 3 nitrogen and oxygen atoms in total. The van der Waals surface area contributed by atoms with E-state index in [9.17, 15) is 13.2 Å². The molecule has 2 rings (SSSR count). The van der Waals surface area contributed by atoms with Gasteiger partial charge in [-0.05, 0) is 44.0 Å². The van der Waals surface area contributed by atoms with Crippen LogP contribution in [0.15, 0.2) is 12.1 Å². The molecule has 0 bridgehead atoms. The Morgan fingerprint density at radius 1 is 1.26 bits per heavy atom. The third kappa shape index (κ3) is 4.85. The van der Waals surface area contributed by atoms with Crippen LogP contribution in [0.4, 0.5) is 13.2 Å². The Balaban J connectivity index is 2.19. The van der Waals surface area contributed by atoms with Crippen molar-refractivity contribution in [3.05, 3.63) is 28.8 Å². The molecule has 130 valence electrons. The van der Waals surface area contributed by atoms with Gasteiger partial charge < -0.3 is 10.1 Å². The second kappa shape index (κ2) is 7.53. The van der Waals surface area contributed by atoms with Crippen LogP contribution in [-0.2, 0) is 19.5 Å². The number of fused-ring (bicyclic) bond motifs is 1. The maximum Gasteiger partial charge on any atom is 0.401 e. The van der Waals surface area contributed by atoms with E-state index in [0.29, 0.717) is 18.4 Å². The van der Waals surface area contributed by atoms with Gasteiger partial charge in [0.1, 0.15) is 5.75 Å². The minimum Gasteiger partial charge on any atom is -0.494 e. The number of hydrogen-bond acceptors (Lipinski definition) is 3. The molecule has 1 aromatic carbocycles. The normalized spacial score (nSPS) is 18.8. The van der Waals surface area contributed by atoms with E-state index in [-0.39, 0.29) is 6.54 Å². The van der Waals surface area contributed by atoms with Crippen molar-refractivity contribution in [2.24, 2.45) is 0 Å². The summed E-state index contributed by atoms with van der Waals surface area (Å²) in [5.74, 6) is 0.687. The van der Waals surface area contributed by atoms with Crippen LogP contribution in [0.5, 0.6) is 5.75 Å². The molecule has 1 atom stereocenters. The average Bonchev–Trinajstić information content (AvgIpc) is 2.46. The number of benzene rings is 1. The maximum atomic E-state index is 12.3. The van der Waals surface area contributed by atoms with E-state index in [2.05, 4.69) is 24.1 Å². The van der Waals surface area contributed by atoms with Crippen molar-refractivity contribution in [3.8, 4) is 5.75 Å². The zero-order valence-electron chi connectivity index (χ0n) is 14.0. The lowest BCUT2D eigenvalue weighted by atomic mass is 9.92. The van der Waals surface area contributed by atoms with Crippen LogP contribution < -0.4 is 10.1 Å². The summed E-state index contributed by atoms with van der Waals surface area (Å²) in [6, 6.07) is 4.45. The van der Waals surface area contributed by atoms with Crippen molar-refractivity contribution in [2.45, 2.75) is 52.5 Å². The molecule has 1 aromatic rings. The molecule has 6 heteroatoms. The van der Waals surface area contributed by atoms with E-state index in [4.69, 9.17) is 4.74 Å². The number of nitrogens with zero attached hydrogens (tertiary/aromatic N) is 1. The summed E-state index contributed by atoms with van der Waals surface area (Å²) < 4.78 is 42.6. The summed E-state index contributed by atoms with van der Waals surface area (Å²) in [6.07, 6.45) is -3.28. The van der Waals surface area contributed by atoms with Gasteiger partial charge in [0.2, 0.25) is 0 Å². The predicted octanol–water partition coefficient (Wildman–Crippen LogP) is 3.50. The van der Waals surface area contributed by atoms with Crippen LogP contribution in [0.25, 0.3) is 0 Å². The van der Waals surface area contributed by atoms with Gasteiger partial charge >= 0.3 is 6.18 Å². The number of ether oxygens (including phenoxy) is 1. The van der Waals surface area contributed by atoms with Crippen molar-refractivity contribution in [1.29, 1.82) is 0 Å².